The summed E-state index contributed by atoms with van der Waals surface area (Å²) in [4.78, 5) is 21.9. The van der Waals surface area contributed by atoms with Crippen LogP contribution in [0.5, 0.6) is 5.75 Å². The van der Waals surface area contributed by atoms with Gasteiger partial charge in [0, 0.05) is 49.7 Å². The van der Waals surface area contributed by atoms with Crippen LogP contribution in [-0.2, 0) is 6.42 Å². The summed E-state index contributed by atoms with van der Waals surface area (Å²) in [5.74, 6) is 1.73. The second-order valence-corrected chi connectivity index (χ2v) is 8.97. The van der Waals surface area contributed by atoms with E-state index in [9.17, 15) is 4.79 Å². The van der Waals surface area contributed by atoms with E-state index in [1.807, 2.05) is 65.6 Å². The molecule has 1 fully saturated rings. The monoisotopic (exact) mass is 470 g/mol. The maximum Gasteiger partial charge on any atom is 0.253 e. The molecular weight excluding hydrogens is 444 g/mol. The summed E-state index contributed by atoms with van der Waals surface area (Å²) in [6.45, 7) is 2.84. The number of amides is 1. The summed E-state index contributed by atoms with van der Waals surface area (Å²) in [6.07, 6.45) is 0.672. The van der Waals surface area contributed by atoms with Crippen molar-refractivity contribution in [2.45, 2.75) is 6.42 Å². The van der Waals surface area contributed by atoms with Crippen molar-refractivity contribution in [2.75, 3.05) is 38.2 Å². The third kappa shape index (κ3) is 4.94. The lowest BCUT2D eigenvalue weighted by Gasteiger charge is -2.34. The molecule has 4 aromatic rings. The van der Waals surface area contributed by atoms with Crippen molar-refractivity contribution in [1.82, 2.24) is 14.3 Å². The quantitative estimate of drug-likeness (QED) is 0.406. The minimum absolute atomic E-state index is 0.0789. The molecule has 6 nitrogen and oxygen atoms in total. The molecule has 1 aliphatic heterocycles. The van der Waals surface area contributed by atoms with Crippen LogP contribution in [0.4, 0.5) is 5.13 Å². The van der Waals surface area contributed by atoms with E-state index >= 15 is 0 Å². The summed E-state index contributed by atoms with van der Waals surface area (Å²) < 4.78 is 9.85. The Morgan fingerprint density at radius 1 is 0.912 bits per heavy atom. The van der Waals surface area contributed by atoms with Crippen LogP contribution in [-0.4, -0.2) is 53.5 Å². The average molecular weight is 471 g/mol. The van der Waals surface area contributed by atoms with Gasteiger partial charge in [-0.25, -0.2) is 4.98 Å². The molecule has 172 valence electrons. The summed E-state index contributed by atoms with van der Waals surface area (Å²) in [6, 6.07) is 26.1. The Hall–Kier alpha value is -3.71. The molecule has 0 saturated carbocycles. The lowest BCUT2D eigenvalue weighted by molar-refractivity contribution is 0.0747. The zero-order valence-corrected chi connectivity index (χ0v) is 19.9. The first-order valence-corrected chi connectivity index (χ1v) is 12.1. The van der Waals surface area contributed by atoms with E-state index in [0.717, 1.165) is 52.0 Å². The van der Waals surface area contributed by atoms with Crippen LogP contribution >= 0.6 is 11.5 Å². The largest absolute Gasteiger partial charge is 0.497 e. The number of ether oxygens (including phenoxy) is 1. The Labute approximate surface area is 203 Å². The Morgan fingerprint density at radius 3 is 2.38 bits per heavy atom. The van der Waals surface area contributed by atoms with Gasteiger partial charge in [0.1, 0.15) is 11.6 Å². The van der Waals surface area contributed by atoms with Crippen molar-refractivity contribution in [3.05, 3.63) is 95.8 Å². The maximum absolute atomic E-state index is 13.0. The first-order chi connectivity index (χ1) is 16.7. The minimum Gasteiger partial charge on any atom is -0.497 e. The van der Waals surface area contributed by atoms with E-state index in [1.165, 1.54) is 11.5 Å². The van der Waals surface area contributed by atoms with Gasteiger partial charge in [0.2, 0.25) is 5.13 Å². The van der Waals surface area contributed by atoms with Crippen LogP contribution in [0.2, 0.25) is 0 Å². The van der Waals surface area contributed by atoms with Gasteiger partial charge < -0.3 is 14.5 Å². The van der Waals surface area contributed by atoms with Gasteiger partial charge in [0.05, 0.1) is 7.11 Å². The van der Waals surface area contributed by atoms with E-state index in [2.05, 4.69) is 27.5 Å². The Bertz CT molecular complexity index is 1250. The standard InChI is InChI=1S/C27H26N4O2S/c1-33-24-9-5-6-20(18-24)19-25-28-27(34-29-25)31-16-14-30(15-17-31)26(32)23-12-10-22(11-13-23)21-7-3-2-4-8-21/h2-13,18H,14-17,19H2,1H3. The molecule has 0 unspecified atom stereocenters. The number of rotatable bonds is 6. The highest BCUT2D eigenvalue weighted by atomic mass is 32.1. The first kappa shape index (κ1) is 22.1. The lowest BCUT2D eigenvalue weighted by Crippen LogP contribution is -2.48. The fourth-order valence-electron chi connectivity index (χ4n) is 4.13. The van der Waals surface area contributed by atoms with Crippen LogP contribution in [0.25, 0.3) is 11.1 Å². The highest BCUT2D eigenvalue weighted by Crippen LogP contribution is 2.23. The second-order valence-electron chi connectivity index (χ2n) is 8.24. The SMILES string of the molecule is COc1cccc(Cc2nsc(N3CCN(C(=O)c4ccc(-c5ccccc5)cc4)CC3)n2)c1. The van der Waals surface area contributed by atoms with Crippen LogP contribution in [0.15, 0.2) is 78.9 Å². The predicted octanol–water partition coefficient (Wildman–Crippen LogP) is 4.77. The molecule has 0 spiro atoms. The van der Waals surface area contributed by atoms with E-state index < -0.39 is 0 Å². The molecule has 2 heterocycles. The number of aromatic nitrogens is 2. The fraction of sp³-hybridized carbons (Fsp3) is 0.222. The van der Waals surface area contributed by atoms with Gasteiger partial charge >= 0.3 is 0 Å². The molecule has 1 aliphatic rings. The first-order valence-electron chi connectivity index (χ1n) is 11.3. The molecule has 5 rings (SSSR count). The number of hydrogen-bond acceptors (Lipinski definition) is 6. The van der Waals surface area contributed by atoms with Crippen molar-refractivity contribution >= 4 is 22.6 Å². The van der Waals surface area contributed by atoms with Crippen LogP contribution in [0, 0.1) is 0 Å². The molecule has 1 amide bonds. The van der Waals surface area contributed by atoms with E-state index in [0.29, 0.717) is 19.5 Å². The number of methoxy groups -OCH3 is 1. The average Bonchev–Trinajstić information content (AvgIpc) is 3.37. The summed E-state index contributed by atoms with van der Waals surface area (Å²) >= 11 is 1.42. The molecule has 1 saturated heterocycles. The Kier molecular flexibility index (Phi) is 6.53. The second kappa shape index (κ2) is 10.1. The van der Waals surface area contributed by atoms with Crippen molar-refractivity contribution in [3.8, 4) is 16.9 Å². The highest BCUT2D eigenvalue weighted by Gasteiger charge is 2.24. The topological polar surface area (TPSA) is 58.6 Å². The zero-order valence-electron chi connectivity index (χ0n) is 19.1. The lowest BCUT2D eigenvalue weighted by atomic mass is 10.0. The highest BCUT2D eigenvalue weighted by molar-refractivity contribution is 7.09. The number of anilines is 1. The van der Waals surface area contributed by atoms with Crippen molar-refractivity contribution in [1.29, 1.82) is 0 Å². The van der Waals surface area contributed by atoms with Crippen molar-refractivity contribution in [3.63, 3.8) is 0 Å². The minimum atomic E-state index is 0.0789. The van der Waals surface area contributed by atoms with Crippen molar-refractivity contribution < 1.29 is 9.53 Å². The number of piperazine rings is 1. The van der Waals surface area contributed by atoms with Crippen LogP contribution in [0.1, 0.15) is 21.7 Å². The number of carbonyl (C=O) groups is 1. The third-order valence-corrected chi connectivity index (χ3v) is 6.84. The van der Waals surface area contributed by atoms with Gasteiger partial charge in [-0.05, 0) is 41.0 Å². The van der Waals surface area contributed by atoms with Gasteiger partial charge in [-0.15, -0.1) is 0 Å². The van der Waals surface area contributed by atoms with E-state index in [-0.39, 0.29) is 5.91 Å². The Morgan fingerprint density at radius 2 is 1.65 bits per heavy atom. The predicted molar refractivity (Wildman–Crippen MR) is 136 cm³/mol. The molecule has 7 heteroatoms. The fourth-order valence-corrected chi connectivity index (χ4v) is 4.87. The number of hydrogen-bond donors (Lipinski definition) is 0. The van der Waals surface area contributed by atoms with Gasteiger partial charge in [0.25, 0.3) is 5.91 Å². The van der Waals surface area contributed by atoms with Gasteiger partial charge in [0.15, 0.2) is 0 Å². The summed E-state index contributed by atoms with van der Waals surface area (Å²) in [7, 11) is 1.67. The summed E-state index contributed by atoms with van der Waals surface area (Å²) in [5, 5.41) is 0.914. The number of nitrogens with zero attached hydrogens (tertiary/aromatic N) is 4. The van der Waals surface area contributed by atoms with Gasteiger partial charge in [-0.1, -0.05) is 54.6 Å². The van der Waals surface area contributed by atoms with Crippen LogP contribution < -0.4 is 9.64 Å². The molecule has 0 N–H and O–H groups in total. The molecule has 0 atom stereocenters. The Balaban J connectivity index is 1.17. The zero-order chi connectivity index (χ0) is 23.3. The number of carbonyl (C=O) groups excluding carboxylic acids is 1. The van der Waals surface area contributed by atoms with E-state index in [4.69, 9.17) is 9.72 Å². The molecule has 1 aromatic heterocycles. The molecule has 34 heavy (non-hydrogen) atoms. The van der Waals surface area contributed by atoms with E-state index in [1.54, 1.807) is 7.11 Å². The smallest absolute Gasteiger partial charge is 0.253 e. The molecular formula is C27H26N4O2S. The molecule has 0 bridgehead atoms. The van der Waals surface area contributed by atoms with Crippen LogP contribution in [0.3, 0.4) is 0 Å². The summed E-state index contributed by atoms with van der Waals surface area (Å²) in [5.41, 5.74) is 4.11. The van der Waals surface area contributed by atoms with Gasteiger partial charge in [-0.2, -0.15) is 4.37 Å². The number of benzene rings is 3. The molecule has 0 aliphatic carbocycles. The maximum atomic E-state index is 13.0. The van der Waals surface area contributed by atoms with Crippen molar-refractivity contribution in [2.24, 2.45) is 0 Å². The normalized spacial score (nSPS) is 13.7. The third-order valence-electron chi connectivity index (χ3n) is 6.03. The molecule has 0 radical (unpaired) electrons. The van der Waals surface area contributed by atoms with Gasteiger partial charge in [-0.3, -0.25) is 4.79 Å². The molecule has 3 aromatic carbocycles.